The molecule has 0 heterocycles. The topological polar surface area (TPSA) is 0 Å². The molecule has 0 atom stereocenters. The largest absolute Gasteiger partial charge is 0.207 e. The van der Waals surface area contributed by atoms with Gasteiger partial charge in [-0.05, 0) is 60.2 Å². The van der Waals surface area contributed by atoms with Crippen LogP contribution in [0.1, 0.15) is 0 Å². The van der Waals surface area contributed by atoms with Crippen molar-refractivity contribution in [1.29, 1.82) is 0 Å². The van der Waals surface area contributed by atoms with Gasteiger partial charge in [-0.2, -0.15) is 0 Å². The molecular formula is C18H12F3PPd. The van der Waals surface area contributed by atoms with Crippen LogP contribution in [0.2, 0.25) is 0 Å². The molecule has 120 valence electrons. The summed E-state index contributed by atoms with van der Waals surface area (Å²) in [6.45, 7) is 0. The van der Waals surface area contributed by atoms with Crippen molar-refractivity contribution >= 4 is 23.8 Å². The summed E-state index contributed by atoms with van der Waals surface area (Å²) >= 11 is 0. The quantitative estimate of drug-likeness (QED) is 0.444. The van der Waals surface area contributed by atoms with E-state index in [0.29, 0.717) is 0 Å². The van der Waals surface area contributed by atoms with Crippen molar-refractivity contribution < 1.29 is 33.6 Å². The molecule has 3 aromatic rings. The first-order valence-corrected chi connectivity index (χ1v) is 8.04. The van der Waals surface area contributed by atoms with Gasteiger partial charge in [0.15, 0.2) is 0 Å². The van der Waals surface area contributed by atoms with Gasteiger partial charge >= 0.3 is 0 Å². The van der Waals surface area contributed by atoms with Crippen molar-refractivity contribution in [2.24, 2.45) is 0 Å². The van der Waals surface area contributed by atoms with Crippen LogP contribution < -0.4 is 15.9 Å². The third-order valence-corrected chi connectivity index (χ3v) is 5.70. The molecule has 0 saturated carbocycles. The standard InChI is InChI=1S/C18H12F3P.Pd/c19-13-1-7-16(8-2-13)22(17-9-3-14(20)4-10-17)18-11-5-15(21)6-12-18;/h1-12H;. The molecule has 5 heteroatoms. The molecule has 3 aromatic carbocycles. The van der Waals surface area contributed by atoms with Crippen LogP contribution in [0, 0.1) is 17.5 Å². The van der Waals surface area contributed by atoms with Gasteiger partial charge in [-0.1, -0.05) is 36.4 Å². The minimum atomic E-state index is -0.983. The van der Waals surface area contributed by atoms with Gasteiger partial charge in [0.05, 0.1) is 0 Å². The van der Waals surface area contributed by atoms with Crippen LogP contribution in [0.4, 0.5) is 13.2 Å². The van der Waals surface area contributed by atoms with Crippen LogP contribution in [-0.4, -0.2) is 0 Å². The predicted octanol–water partition coefficient (Wildman–Crippen LogP) is 3.86. The van der Waals surface area contributed by atoms with E-state index >= 15 is 0 Å². The fraction of sp³-hybridized carbons (Fsp3) is 0. The Morgan fingerprint density at radius 1 is 0.435 bits per heavy atom. The number of hydrogen-bond donors (Lipinski definition) is 0. The Morgan fingerprint density at radius 3 is 0.870 bits per heavy atom. The van der Waals surface area contributed by atoms with E-state index in [9.17, 15) is 13.2 Å². The summed E-state index contributed by atoms with van der Waals surface area (Å²) in [5, 5.41) is 2.78. The molecule has 0 aromatic heterocycles. The molecule has 0 N–H and O–H groups in total. The van der Waals surface area contributed by atoms with Crippen LogP contribution >= 0.6 is 7.92 Å². The summed E-state index contributed by atoms with van der Waals surface area (Å²) in [5.41, 5.74) is 0. The van der Waals surface area contributed by atoms with E-state index < -0.39 is 7.92 Å². The summed E-state index contributed by atoms with van der Waals surface area (Å²) in [6, 6.07) is 18.7. The Kier molecular flexibility index (Phi) is 6.13. The van der Waals surface area contributed by atoms with Crippen molar-refractivity contribution in [1.82, 2.24) is 0 Å². The van der Waals surface area contributed by atoms with Crippen LogP contribution in [0.3, 0.4) is 0 Å². The van der Waals surface area contributed by atoms with Gasteiger partial charge in [0.1, 0.15) is 17.5 Å². The first-order chi connectivity index (χ1) is 10.6. The minimum absolute atomic E-state index is 0. The zero-order chi connectivity index (χ0) is 15.5. The first kappa shape index (κ1) is 17.9. The van der Waals surface area contributed by atoms with Crippen LogP contribution in [0.5, 0.6) is 0 Å². The van der Waals surface area contributed by atoms with E-state index in [2.05, 4.69) is 0 Å². The normalized spacial score (nSPS) is 10.4. The second-order valence-electron chi connectivity index (χ2n) is 4.76. The number of benzene rings is 3. The zero-order valence-corrected chi connectivity index (χ0v) is 14.3. The predicted molar refractivity (Wildman–Crippen MR) is 85.0 cm³/mol. The fourth-order valence-electron chi connectivity index (χ4n) is 2.22. The van der Waals surface area contributed by atoms with E-state index in [1.54, 1.807) is 36.4 Å². The average Bonchev–Trinajstić information content (AvgIpc) is 2.53. The van der Waals surface area contributed by atoms with Crippen molar-refractivity contribution in [3.8, 4) is 0 Å². The molecule has 0 saturated heterocycles. The van der Waals surface area contributed by atoms with Crippen molar-refractivity contribution in [2.45, 2.75) is 0 Å². The molecule has 0 bridgehead atoms. The molecular weight excluding hydrogens is 411 g/mol. The zero-order valence-electron chi connectivity index (χ0n) is 11.8. The summed E-state index contributed by atoms with van der Waals surface area (Å²) in [4.78, 5) is 0. The van der Waals surface area contributed by atoms with Gasteiger partial charge in [0.2, 0.25) is 0 Å². The second kappa shape index (κ2) is 7.89. The maximum absolute atomic E-state index is 13.2. The fourth-order valence-corrected chi connectivity index (χ4v) is 4.45. The van der Waals surface area contributed by atoms with Crippen LogP contribution in [-0.2, 0) is 20.4 Å². The van der Waals surface area contributed by atoms with E-state index in [-0.39, 0.29) is 37.9 Å². The van der Waals surface area contributed by atoms with E-state index in [1.807, 2.05) is 0 Å². The molecule has 0 unspecified atom stereocenters. The Hall–Kier alpha value is -1.46. The second-order valence-corrected chi connectivity index (χ2v) is 6.98. The van der Waals surface area contributed by atoms with Gasteiger partial charge in [0.25, 0.3) is 0 Å². The molecule has 0 aliphatic rings. The third kappa shape index (κ3) is 4.30. The average molecular weight is 423 g/mol. The number of hydrogen-bond acceptors (Lipinski definition) is 0. The molecule has 0 spiro atoms. The van der Waals surface area contributed by atoms with E-state index in [0.717, 1.165) is 15.9 Å². The van der Waals surface area contributed by atoms with E-state index in [1.165, 1.54) is 36.4 Å². The molecule has 0 aliphatic carbocycles. The summed E-state index contributed by atoms with van der Waals surface area (Å²) in [7, 11) is -0.983. The van der Waals surface area contributed by atoms with Crippen LogP contribution in [0.15, 0.2) is 72.8 Å². The van der Waals surface area contributed by atoms with Crippen molar-refractivity contribution in [3.63, 3.8) is 0 Å². The third-order valence-electron chi connectivity index (χ3n) is 3.25. The molecule has 0 amide bonds. The Morgan fingerprint density at radius 2 is 0.652 bits per heavy atom. The van der Waals surface area contributed by atoms with Crippen LogP contribution in [0.25, 0.3) is 0 Å². The molecule has 0 fully saturated rings. The van der Waals surface area contributed by atoms with Gasteiger partial charge in [-0.15, -0.1) is 0 Å². The SMILES string of the molecule is Fc1ccc(P(c2ccc(F)cc2)c2ccc(F)cc2)cc1.[Pd]. The van der Waals surface area contributed by atoms with Crippen molar-refractivity contribution in [2.75, 3.05) is 0 Å². The van der Waals surface area contributed by atoms with Gasteiger partial charge in [-0.25, -0.2) is 13.2 Å². The summed E-state index contributed by atoms with van der Waals surface area (Å²) in [5.74, 6) is -0.925. The maximum Gasteiger partial charge on any atom is 0.123 e. The maximum atomic E-state index is 13.2. The van der Waals surface area contributed by atoms with Crippen molar-refractivity contribution in [3.05, 3.63) is 90.2 Å². The molecule has 0 radical (unpaired) electrons. The van der Waals surface area contributed by atoms with Gasteiger partial charge in [-0.3, -0.25) is 0 Å². The smallest absolute Gasteiger partial charge is 0.123 e. The summed E-state index contributed by atoms with van der Waals surface area (Å²) in [6.07, 6.45) is 0. The first-order valence-electron chi connectivity index (χ1n) is 6.70. The molecule has 0 nitrogen and oxygen atoms in total. The van der Waals surface area contributed by atoms with Gasteiger partial charge < -0.3 is 0 Å². The van der Waals surface area contributed by atoms with Gasteiger partial charge in [0, 0.05) is 20.4 Å². The Balaban J connectivity index is 0.00000192. The number of halogens is 3. The molecule has 0 aliphatic heterocycles. The molecule has 3 rings (SSSR count). The monoisotopic (exact) mass is 422 g/mol. The Bertz CT molecular complexity index is 648. The molecule has 23 heavy (non-hydrogen) atoms. The minimum Gasteiger partial charge on any atom is -0.207 e. The van der Waals surface area contributed by atoms with E-state index in [4.69, 9.17) is 0 Å². The number of rotatable bonds is 3. The summed E-state index contributed by atoms with van der Waals surface area (Å²) < 4.78 is 39.5. The Labute approximate surface area is 147 Å².